The number of anilines is 1. The maximum Gasteiger partial charge on any atom is 0.0509 e. The molecule has 1 rings (SSSR count). The Morgan fingerprint density at radius 2 is 1.72 bits per heavy atom. The van der Waals surface area contributed by atoms with Crippen molar-refractivity contribution in [1.29, 1.82) is 0 Å². The van der Waals surface area contributed by atoms with Crippen LogP contribution in [0.2, 0.25) is 0 Å². The maximum atomic E-state index is 6.03. The van der Waals surface area contributed by atoms with E-state index in [0.29, 0.717) is 17.7 Å². The number of aryl methyl sites for hydroxylation is 1. The number of hydrogen-bond acceptors (Lipinski definition) is 2. The van der Waals surface area contributed by atoms with E-state index in [2.05, 4.69) is 43.6 Å². The van der Waals surface area contributed by atoms with E-state index in [9.17, 15) is 0 Å². The molecule has 3 heteroatoms. The van der Waals surface area contributed by atoms with Gasteiger partial charge in [-0.3, -0.25) is 4.98 Å². The minimum Gasteiger partial charge on any atom is -0.371 e. The number of halogens is 1. The van der Waals surface area contributed by atoms with Gasteiger partial charge in [-0.15, -0.1) is 11.6 Å². The Hall–Kier alpha value is -0.760. The molecule has 0 aliphatic carbocycles. The number of rotatable bonds is 6. The molecule has 2 nitrogen and oxygen atoms in total. The van der Waals surface area contributed by atoms with E-state index >= 15 is 0 Å². The molecule has 0 fully saturated rings. The van der Waals surface area contributed by atoms with Gasteiger partial charge < -0.3 is 4.90 Å². The fourth-order valence-corrected chi connectivity index (χ4v) is 2.33. The van der Waals surface area contributed by atoms with Crippen molar-refractivity contribution in [3.63, 3.8) is 0 Å². The molecule has 1 aromatic rings. The average Bonchev–Trinajstić information content (AvgIpc) is 2.26. The lowest BCUT2D eigenvalue weighted by Crippen LogP contribution is -2.32. The van der Waals surface area contributed by atoms with Crippen molar-refractivity contribution in [3.8, 4) is 0 Å². The van der Waals surface area contributed by atoms with Crippen molar-refractivity contribution in [2.24, 2.45) is 11.8 Å². The van der Waals surface area contributed by atoms with Gasteiger partial charge in [-0.25, -0.2) is 0 Å². The van der Waals surface area contributed by atoms with Crippen LogP contribution in [0.1, 0.15) is 39.0 Å². The summed E-state index contributed by atoms with van der Waals surface area (Å²) in [5.74, 6) is 1.80. The third-order valence-electron chi connectivity index (χ3n) is 2.75. The fraction of sp³-hybridized carbons (Fsp3) is 0.667. The molecule has 0 saturated heterocycles. The Labute approximate surface area is 116 Å². The molecular weight excluding hydrogens is 244 g/mol. The van der Waals surface area contributed by atoms with Crippen LogP contribution in [-0.4, -0.2) is 18.1 Å². The van der Waals surface area contributed by atoms with Crippen molar-refractivity contribution in [3.05, 3.63) is 23.5 Å². The molecule has 0 unspecified atom stereocenters. The predicted molar refractivity (Wildman–Crippen MR) is 80.4 cm³/mol. The van der Waals surface area contributed by atoms with Crippen LogP contribution in [0.15, 0.2) is 12.3 Å². The normalized spacial score (nSPS) is 11.3. The second kappa shape index (κ2) is 6.98. The van der Waals surface area contributed by atoms with Crippen LogP contribution in [0.5, 0.6) is 0 Å². The number of alkyl halides is 1. The van der Waals surface area contributed by atoms with Crippen LogP contribution in [0.3, 0.4) is 0 Å². The molecule has 0 radical (unpaired) electrons. The van der Waals surface area contributed by atoms with Gasteiger partial charge in [0, 0.05) is 36.2 Å². The molecule has 0 atom stereocenters. The Morgan fingerprint density at radius 1 is 1.17 bits per heavy atom. The fourth-order valence-electron chi connectivity index (χ4n) is 2.12. The third-order valence-corrected chi connectivity index (χ3v) is 3.04. The number of aromatic nitrogens is 1. The maximum absolute atomic E-state index is 6.03. The molecule has 0 aliphatic heterocycles. The largest absolute Gasteiger partial charge is 0.371 e. The van der Waals surface area contributed by atoms with Gasteiger partial charge in [0.1, 0.15) is 0 Å². The second-order valence-corrected chi connectivity index (χ2v) is 6.05. The Balaban J connectivity index is 3.05. The highest BCUT2D eigenvalue weighted by atomic mass is 35.5. The van der Waals surface area contributed by atoms with E-state index in [1.807, 2.05) is 13.1 Å². The number of pyridine rings is 1. The zero-order valence-corrected chi connectivity index (χ0v) is 13.0. The SMILES string of the molecule is Cc1cc(N(CC(C)C)CC(C)C)c(CCl)cn1. The quantitative estimate of drug-likeness (QED) is 0.717. The molecule has 18 heavy (non-hydrogen) atoms. The zero-order valence-electron chi connectivity index (χ0n) is 12.2. The number of nitrogens with zero attached hydrogens (tertiary/aromatic N) is 2. The molecular formula is C15H25ClN2. The van der Waals surface area contributed by atoms with Crippen LogP contribution in [-0.2, 0) is 5.88 Å². The average molecular weight is 269 g/mol. The highest BCUT2D eigenvalue weighted by Gasteiger charge is 2.14. The van der Waals surface area contributed by atoms with E-state index in [-0.39, 0.29) is 0 Å². The molecule has 0 aromatic carbocycles. The van der Waals surface area contributed by atoms with Gasteiger partial charge in [0.25, 0.3) is 0 Å². The molecule has 1 heterocycles. The van der Waals surface area contributed by atoms with Crippen molar-refractivity contribution in [1.82, 2.24) is 4.98 Å². The van der Waals surface area contributed by atoms with Crippen molar-refractivity contribution in [2.75, 3.05) is 18.0 Å². The molecule has 0 saturated carbocycles. The first-order valence-corrected chi connectivity index (χ1v) is 7.24. The first kappa shape index (κ1) is 15.3. The van der Waals surface area contributed by atoms with E-state index in [0.717, 1.165) is 24.3 Å². The summed E-state index contributed by atoms with van der Waals surface area (Å²) in [6.07, 6.45) is 1.91. The van der Waals surface area contributed by atoms with Gasteiger partial charge in [-0.1, -0.05) is 27.7 Å². The van der Waals surface area contributed by atoms with Gasteiger partial charge in [-0.2, -0.15) is 0 Å². The lowest BCUT2D eigenvalue weighted by Gasteiger charge is -2.30. The minimum absolute atomic E-state index is 0.523. The summed E-state index contributed by atoms with van der Waals surface area (Å²) >= 11 is 6.03. The van der Waals surface area contributed by atoms with Gasteiger partial charge in [-0.05, 0) is 24.8 Å². The summed E-state index contributed by atoms with van der Waals surface area (Å²) in [7, 11) is 0. The van der Waals surface area contributed by atoms with Crippen LogP contribution >= 0.6 is 11.6 Å². The van der Waals surface area contributed by atoms with Gasteiger partial charge >= 0.3 is 0 Å². The Morgan fingerprint density at radius 3 is 2.17 bits per heavy atom. The third kappa shape index (κ3) is 4.49. The molecule has 1 aromatic heterocycles. The monoisotopic (exact) mass is 268 g/mol. The van der Waals surface area contributed by atoms with Crippen LogP contribution in [0.25, 0.3) is 0 Å². The van der Waals surface area contributed by atoms with Crippen molar-refractivity contribution in [2.45, 2.75) is 40.5 Å². The van der Waals surface area contributed by atoms with Crippen LogP contribution in [0.4, 0.5) is 5.69 Å². The van der Waals surface area contributed by atoms with E-state index < -0.39 is 0 Å². The summed E-state index contributed by atoms with van der Waals surface area (Å²) in [5.41, 5.74) is 3.43. The van der Waals surface area contributed by atoms with E-state index in [4.69, 9.17) is 11.6 Å². The summed E-state index contributed by atoms with van der Waals surface area (Å²) in [6, 6.07) is 2.16. The molecule has 0 N–H and O–H groups in total. The predicted octanol–water partition coefficient (Wildman–Crippen LogP) is 4.25. The second-order valence-electron chi connectivity index (χ2n) is 5.78. The first-order valence-electron chi connectivity index (χ1n) is 6.70. The van der Waals surface area contributed by atoms with Crippen molar-refractivity contribution >= 4 is 17.3 Å². The van der Waals surface area contributed by atoms with E-state index in [1.54, 1.807) is 0 Å². The van der Waals surface area contributed by atoms with Crippen molar-refractivity contribution < 1.29 is 0 Å². The highest BCUT2D eigenvalue weighted by molar-refractivity contribution is 6.17. The van der Waals surface area contributed by atoms with Gasteiger partial charge in [0.2, 0.25) is 0 Å². The van der Waals surface area contributed by atoms with Gasteiger partial charge in [0.15, 0.2) is 0 Å². The van der Waals surface area contributed by atoms with E-state index in [1.165, 1.54) is 5.69 Å². The Kier molecular flexibility index (Phi) is 5.94. The topological polar surface area (TPSA) is 16.1 Å². The van der Waals surface area contributed by atoms with Crippen LogP contribution < -0.4 is 4.90 Å². The number of hydrogen-bond donors (Lipinski definition) is 0. The molecule has 102 valence electrons. The smallest absolute Gasteiger partial charge is 0.0509 e. The molecule has 0 bridgehead atoms. The first-order chi connectivity index (χ1) is 8.43. The summed E-state index contributed by atoms with van der Waals surface area (Å²) in [4.78, 5) is 6.79. The van der Waals surface area contributed by atoms with Crippen LogP contribution in [0, 0.1) is 18.8 Å². The minimum atomic E-state index is 0.523. The molecule has 0 amide bonds. The molecule has 0 aliphatic rings. The lowest BCUT2D eigenvalue weighted by atomic mass is 10.1. The van der Waals surface area contributed by atoms with Gasteiger partial charge in [0.05, 0.1) is 5.88 Å². The zero-order chi connectivity index (χ0) is 13.7. The Bertz CT molecular complexity index is 365. The highest BCUT2D eigenvalue weighted by Crippen LogP contribution is 2.24. The lowest BCUT2D eigenvalue weighted by molar-refractivity contribution is 0.551. The molecule has 0 spiro atoms. The standard InChI is InChI=1S/C15H25ClN2/c1-11(2)9-18(10-12(3)4)15-6-13(5)17-8-14(15)7-16/h6,8,11-12H,7,9-10H2,1-5H3. The summed E-state index contributed by atoms with van der Waals surface area (Å²) in [6.45, 7) is 13.2. The summed E-state index contributed by atoms with van der Waals surface area (Å²) in [5, 5.41) is 0. The summed E-state index contributed by atoms with van der Waals surface area (Å²) < 4.78 is 0.